The normalized spacial score (nSPS) is 10.9. The standard InChI is InChI=1S/C19H18N6S2/c1-13-7-9-14(10-8-13)17-23-24-19(25(17)20)27-12-16-11-26-18(22-16)21-15-5-3-2-4-6-15/h2-11H,12,20H2,1H3,(H,21,22). The van der Waals surface area contributed by atoms with Gasteiger partial charge < -0.3 is 11.2 Å². The van der Waals surface area contributed by atoms with Gasteiger partial charge >= 0.3 is 0 Å². The van der Waals surface area contributed by atoms with E-state index in [1.807, 2.05) is 66.9 Å². The average Bonchev–Trinajstić information content (AvgIpc) is 3.28. The summed E-state index contributed by atoms with van der Waals surface area (Å²) >= 11 is 3.10. The number of nitrogen functional groups attached to an aromatic ring is 1. The molecule has 0 saturated heterocycles. The third-order valence-corrected chi connectivity index (χ3v) is 5.68. The van der Waals surface area contributed by atoms with Crippen molar-refractivity contribution in [2.24, 2.45) is 0 Å². The smallest absolute Gasteiger partial charge is 0.210 e. The van der Waals surface area contributed by atoms with Gasteiger partial charge in [0.25, 0.3) is 0 Å². The number of anilines is 2. The number of nitrogens with one attached hydrogen (secondary N) is 1. The van der Waals surface area contributed by atoms with E-state index in [0.29, 0.717) is 16.7 Å². The molecule has 27 heavy (non-hydrogen) atoms. The van der Waals surface area contributed by atoms with E-state index in [0.717, 1.165) is 22.1 Å². The minimum Gasteiger partial charge on any atom is -0.335 e. The van der Waals surface area contributed by atoms with Crippen molar-refractivity contribution < 1.29 is 0 Å². The van der Waals surface area contributed by atoms with E-state index < -0.39 is 0 Å². The van der Waals surface area contributed by atoms with Crippen molar-refractivity contribution in [2.45, 2.75) is 17.8 Å². The molecule has 2 aromatic heterocycles. The van der Waals surface area contributed by atoms with Crippen molar-refractivity contribution in [3.63, 3.8) is 0 Å². The Balaban J connectivity index is 1.41. The number of thioether (sulfide) groups is 1. The quantitative estimate of drug-likeness (QED) is 0.371. The van der Waals surface area contributed by atoms with Crippen LogP contribution < -0.4 is 11.2 Å². The van der Waals surface area contributed by atoms with Gasteiger partial charge in [-0.15, -0.1) is 21.5 Å². The molecule has 4 rings (SSSR count). The topological polar surface area (TPSA) is 81.7 Å². The van der Waals surface area contributed by atoms with Gasteiger partial charge in [-0.3, -0.25) is 0 Å². The van der Waals surface area contributed by atoms with Crippen LogP contribution in [0.25, 0.3) is 11.4 Å². The fraction of sp³-hybridized carbons (Fsp3) is 0.105. The van der Waals surface area contributed by atoms with E-state index in [1.165, 1.54) is 22.0 Å². The van der Waals surface area contributed by atoms with Gasteiger partial charge in [0.05, 0.1) is 5.69 Å². The van der Waals surface area contributed by atoms with E-state index in [-0.39, 0.29) is 0 Å². The molecule has 0 unspecified atom stereocenters. The zero-order chi connectivity index (χ0) is 18.6. The van der Waals surface area contributed by atoms with Crippen molar-refractivity contribution in [3.05, 3.63) is 71.2 Å². The lowest BCUT2D eigenvalue weighted by atomic mass is 10.1. The molecule has 0 aliphatic heterocycles. The number of thiazole rings is 1. The third-order valence-electron chi connectivity index (χ3n) is 3.90. The summed E-state index contributed by atoms with van der Waals surface area (Å²) in [4.78, 5) is 4.61. The van der Waals surface area contributed by atoms with Gasteiger partial charge in [-0.1, -0.05) is 59.8 Å². The Morgan fingerprint density at radius 1 is 1.07 bits per heavy atom. The minimum absolute atomic E-state index is 0.655. The van der Waals surface area contributed by atoms with E-state index in [4.69, 9.17) is 5.84 Å². The van der Waals surface area contributed by atoms with Crippen molar-refractivity contribution >= 4 is 33.9 Å². The highest BCUT2D eigenvalue weighted by molar-refractivity contribution is 7.98. The molecular formula is C19H18N6S2. The van der Waals surface area contributed by atoms with Crippen molar-refractivity contribution in [1.29, 1.82) is 0 Å². The fourth-order valence-corrected chi connectivity index (χ4v) is 4.07. The number of para-hydroxylation sites is 1. The summed E-state index contributed by atoms with van der Waals surface area (Å²) in [6, 6.07) is 18.1. The maximum atomic E-state index is 6.19. The summed E-state index contributed by atoms with van der Waals surface area (Å²) in [7, 11) is 0. The van der Waals surface area contributed by atoms with Crippen LogP contribution in [0.5, 0.6) is 0 Å². The number of nitrogens with zero attached hydrogens (tertiary/aromatic N) is 4. The summed E-state index contributed by atoms with van der Waals surface area (Å²) in [6.07, 6.45) is 0. The first-order valence-electron chi connectivity index (χ1n) is 8.36. The number of benzene rings is 2. The van der Waals surface area contributed by atoms with Gasteiger partial charge in [-0.2, -0.15) is 0 Å². The molecule has 2 heterocycles. The number of hydrogen-bond acceptors (Lipinski definition) is 7. The van der Waals surface area contributed by atoms with Crippen LogP contribution in [0.1, 0.15) is 11.3 Å². The van der Waals surface area contributed by atoms with Gasteiger partial charge in [-0.05, 0) is 19.1 Å². The predicted molar refractivity (Wildman–Crippen MR) is 112 cm³/mol. The lowest BCUT2D eigenvalue weighted by molar-refractivity contribution is 0.849. The first kappa shape index (κ1) is 17.6. The Morgan fingerprint density at radius 3 is 2.63 bits per heavy atom. The molecule has 0 saturated carbocycles. The summed E-state index contributed by atoms with van der Waals surface area (Å²) in [5.74, 6) is 7.52. The second-order valence-corrected chi connectivity index (χ2v) is 7.77. The first-order chi connectivity index (χ1) is 13.2. The van der Waals surface area contributed by atoms with Crippen LogP contribution in [0, 0.1) is 6.92 Å². The summed E-state index contributed by atoms with van der Waals surface area (Å²) < 4.78 is 1.53. The SMILES string of the molecule is Cc1ccc(-c2nnc(SCc3csc(Nc4ccccc4)n3)n2N)cc1. The van der Waals surface area contributed by atoms with Crippen LogP contribution >= 0.6 is 23.1 Å². The number of aryl methyl sites for hydroxylation is 1. The van der Waals surface area contributed by atoms with Crippen molar-refractivity contribution in [3.8, 4) is 11.4 Å². The predicted octanol–water partition coefficient (Wildman–Crippen LogP) is 4.46. The third kappa shape index (κ3) is 4.12. The van der Waals surface area contributed by atoms with Gasteiger partial charge in [0, 0.05) is 22.4 Å². The molecule has 0 fully saturated rings. The van der Waals surface area contributed by atoms with E-state index in [2.05, 4.69) is 20.5 Å². The van der Waals surface area contributed by atoms with Crippen LogP contribution in [0.2, 0.25) is 0 Å². The highest BCUT2D eigenvalue weighted by atomic mass is 32.2. The lowest BCUT2D eigenvalue weighted by Gasteiger charge is -2.03. The molecule has 0 spiro atoms. The number of aromatic nitrogens is 4. The first-order valence-corrected chi connectivity index (χ1v) is 10.2. The van der Waals surface area contributed by atoms with Crippen molar-refractivity contribution in [2.75, 3.05) is 11.2 Å². The Hall–Kier alpha value is -2.84. The van der Waals surface area contributed by atoms with E-state index in [1.54, 1.807) is 11.3 Å². The molecule has 0 bridgehead atoms. The Kier molecular flexibility index (Phi) is 5.08. The molecule has 0 aliphatic rings. The van der Waals surface area contributed by atoms with Gasteiger partial charge in [0.2, 0.25) is 5.16 Å². The molecule has 0 atom stereocenters. The molecule has 4 aromatic rings. The number of hydrogen-bond donors (Lipinski definition) is 2. The van der Waals surface area contributed by atoms with Crippen molar-refractivity contribution in [1.82, 2.24) is 19.9 Å². The molecule has 0 radical (unpaired) electrons. The zero-order valence-electron chi connectivity index (χ0n) is 14.7. The Bertz CT molecular complexity index is 1020. The Labute approximate surface area is 165 Å². The summed E-state index contributed by atoms with van der Waals surface area (Å²) in [6.45, 7) is 2.05. The molecule has 136 valence electrons. The molecule has 3 N–H and O–H groups in total. The van der Waals surface area contributed by atoms with Crippen LogP contribution in [0.4, 0.5) is 10.8 Å². The largest absolute Gasteiger partial charge is 0.335 e. The van der Waals surface area contributed by atoms with Crippen LogP contribution in [-0.4, -0.2) is 19.9 Å². The molecule has 6 nitrogen and oxygen atoms in total. The highest BCUT2D eigenvalue weighted by Crippen LogP contribution is 2.27. The highest BCUT2D eigenvalue weighted by Gasteiger charge is 2.13. The average molecular weight is 395 g/mol. The van der Waals surface area contributed by atoms with Gasteiger partial charge in [0.1, 0.15) is 0 Å². The Morgan fingerprint density at radius 2 is 1.85 bits per heavy atom. The van der Waals surface area contributed by atoms with Gasteiger partial charge in [0.15, 0.2) is 11.0 Å². The summed E-state index contributed by atoms with van der Waals surface area (Å²) in [5, 5.41) is 15.3. The lowest BCUT2D eigenvalue weighted by Crippen LogP contribution is -2.11. The maximum Gasteiger partial charge on any atom is 0.210 e. The molecule has 2 aromatic carbocycles. The second-order valence-electron chi connectivity index (χ2n) is 5.97. The minimum atomic E-state index is 0.655. The number of nitrogens with two attached hydrogens (primary N) is 1. The van der Waals surface area contributed by atoms with Crippen LogP contribution in [-0.2, 0) is 5.75 Å². The molecule has 0 aliphatic carbocycles. The molecule has 0 amide bonds. The molecular weight excluding hydrogens is 376 g/mol. The summed E-state index contributed by atoms with van der Waals surface area (Å²) in [5.41, 5.74) is 4.14. The number of rotatable bonds is 6. The van der Waals surface area contributed by atoms with E-state index >= 15 is 0 Å². The van der Waals surface area contributed by atoms with E-state index in [9.17, 15) is 0 Å². The van der Waals surface area contributed by atoms with Crippen LogP contribution in [0.15, 0.2) is 65.1 Å². The zero-order valence-corrected chi connectivity index (χ0v) is 16.3. The second kappa shape index (κ2) is 7.81. The fourth-order valence-electron chi connectivity index (χ4n) is 2.49. The monoisotopic (exact) mass is 394 g/mol. The van der Waals surface area contributed by atoms with Gasteiger partial charge in [-0.25, -0.2) is 9.66 Å². The molecule has 8 heteroatoms. The maximum absolute atomic E-state index is 6.19. The van der Waals surface area contributed by atoms with Crippen LogP contribution in [0.3, 0.4) is 0 Å².